The second kappa shape index (κ2) is 5.76. The number of hydrogen-bond donors (Lipinski definition) is 2. The number of alkyl halides is 3. The summed E-state index contributed by atoms with van der Waals surface area (Å²) >= 11 is 0. The van der Waals surface area contributed by atoms with Gasteiger partial charge in [-0.05, 0) is 13.0 Å². The Bertz CT molecular complexity index is 531. The summed E-state index contributed by atoms with van der Waals surface area (Å²) in [5.41, 5.74) is -0.954. The van der Waals surface area contributed by atoms with E-state index in [2.05, 4.69) is 5.32 Å². The van der Waals surface area contributed by atoms with Crippen LogP contribution in [0.2, 0.25) is 0 Å². The molecule has 0 amide bonds. The predicted molar refractivity (Wildman–Crippen MR) is 63.8 cm³/mol. The van der Waals surface area contributed by atoms with Crippen LogP contribution in [0.5, 0.6) is 0 Å². The number of halogens is 3. The van der Waals surface area contributed by atoms with Gasteiger partial charge in [-0.25, -0.2) is 4.79 Å². The fraction of sp³-hybridized carbons (Fsp3) is 0.364. The largest absolute Gasteiger partial charge is 0.478 e. The lowest BCUT2D eigenvalue weighted by atomic mass is 10.1. The maximum atomic E-state index is 12.2. The molecule has 20 heavy (non-hydrogen) atoms. The van der Waals surface area contributed by atoms with Gasteiger partial charge in [0, 0.05) is 18.2 Å². The first-order chi connectivity index (χ1) is 9.10. The van der Waals surface area contributed by atoms with Crippen LogP contribution < -0.4 is 5.32 Å². The van der Waals surface area contributed by atoms with Crippen LogP contribution in [0, 0.1) is 10.1 Å². The van der Waals surface area contributed by atoms with Crippen molar-refractivity contribution in [1.82, 2.24) is 0 Å². The number of rotatable bonds is 5. The minimum absolute atomic E-state index is 0.219. The zero-order valence-corrected chi connectivity index (χ0v) is 10.3. The number of aromatic carboxylic acids is 1. The number of non-ortho nitro benzene ring substituents is 1. The van der Waals surface area contributed by atoms with Crippen molar-refractivity contribution in [2.75, 3.05) is 5.32 Å². The van der Waals surface area contributed by atoms with Gasteiger partial charge < -0.3 is 10.4 Å². The maximum Gasteiger partial charge on any atom is 0.391 e. The lowest BCUT2D eigenvalue weighted by molar-refractivity contribution is -0.384. The van der Waals surface area contributed by atoms with Crippen molar-refractivity contribution in [2.45, 2.75) is 25.6 Å². The monoisotopic (exact) mass is 292 g/mol. The molecule has 0 saturated carbocycles. The number of nitrogens with one attached hydrogen (secondary N) is 1. The van der Waals surface area contributed by atoms with E-state index in [1.54, 1.807) is 0 Å². The molecule has 9 heteroatoms. The van der Waals surface area contributed by atoms with Gasteiger partial charge in [-0.2, -0.15) is 13.2 Å². The van der Waals surface area contributed by atoms with Crippen molar-refractivity contribution >= 4 is 17.3 Å². The lowest BCUT2D eigenvalue weighted by Gasteiger charge is -2.18. The predicted octanol–water partition coefficient (Wildman–Crippen LogP) is 3.05. The van der Waals surface area contributed by atoms with E-state index in [1.165, 1.54) is 6.92 Å². The lowest BCUT2D eigenvalue weighted by Crippen LogP contribution is -2.24. The Morgan fingerprint density at radius 1 is 1.50 bits per heavy atom. The molecule has 0 saturated heterocycles. The third-order valence-corrected chi connectivity index (χ3v) is 2.38. The fourth-order valence-corrected chi connectivity index (χ4v) is 1.62. The van der Waals surface area contributed by atoms with E-state index in [-0.39, 0.29) is 11.3 Å². The van der Waals surface area contributed by atoms with Crippen LogP contribution >= 0.6 is 0 Å². The average molecular weight is 292 g/mol. The highest BCUT2D eigenvalue weighted by atomic mass is 19.4. The van der Waals surface area contributed by atoms with Crippen molar-refractivity contribution in [3.05, 3.63) is 33.9 Å². The zero-order chi connectivity index (χ0) is 15.5. The second-order valence-corrected chi connectivity index (χ2v) is 4.16. The fourth-order valence-electron chi connectivity index (χ4n) is 1.62. The highest BCUT2D eigenvalue weighted by molar-refractivity contribution is 5.94. The summed E-state index contributed by atoms with van der Waals surface area (Å²) in [5.74, 6) is -1.39. The number of carboxylic acid groups (broad SMARTS) is 1. The van der Waals surface area contributed by atoms with E-state index < -0.39 is 35.2 Å². The van der Waals surface area contributed by atoms with Gasteiger partial charge in [0.05, 0.1) is 22.6 Å². The van der Waals surface area contributed by atoms with E-state index >= 15 is 0 Å². The van der Waals surface area contributed by atoms with Crippen LogP contribution in [0.4, 0.5) is 24.5 Å². The smallest absolute Gasteiger partial charge is 0.391 e. The summed E-state index contributed by atoms with van der Waals surface area (Å²) in [4.78, 5) is 20.8. The van der Waals surface area contributed by atoms with Crippen molar-refractivity contribution in [1.29, 1.82) is 0 Å². The third-order valence-electron chi connectivity index (χ3n) is 2.38. The van der Waals surface area contributed by atoms with Crippen LogP contribution in [0.15, 0.2) is 18.2 Å². The number of nitro benzene ring substituents is 1. The molecule has 0 spiro atoms. The Morgan fingerprint density at radius 2 is 2.10 bits per heavy atom. The molecule has 2 N–H and O–H groups in total. The van der Waals surface area contributed by atoms with Gasteiger partial charge in [0.15, 0.2) is 0 Å². The minimum atomic E-state index is -4.42. The summed E-state index contributed by atoms with van der Waals surface area (Å²) < 4.78 is 36.6. The first kappa shape index (κ1) is 15.7. The van der Waals surface area contributed by atoms with E-state index in [1.807, 2.05) is 0 Å². The molecule has 0 aliphatic heterocycles. The highest BCUT2D eigenvalue weighted by Crippen LogP contribution is 2.27. The maximum absolute atomic E-state index is 12.2. The first-order valence-corrected chi connectivity index (χ1v) is 5.45. The van der Waals surface area contributed by atoms with E-state index in [0.29, 0.717) is 0 Å². The number of nitrogens with zero attached hydrogens (tertiary/aromatic N) is 1. The molecule has 6 nitrogen and oxygen atoms in total. The van der Waals surface area contributed by atoms with Crippen molar-refractivity contribution in [3.63, 3.8) is 0 Å². The Labute approximate surface area is 111 Å². The summed E-state index contributed by atoms with van der Waals surface area (Å²) in [7, 11) is 0. The molecule has 0 aromatic heterocycles. The van der Waals surface area contributed by atoms with Gasteiger partial charge in [-0.1, -0.05) is 0 Å². The molecule has 110 valence electrons. The molecule has 0 fully saturated rings. The number of hydrogen-bond acceptors (Lipinski definition) is 4. The van der Waals surface area contributed by atoms with Gasteiger partial charge in [0.25, 0.3) is 5.69 Å². The van der Waals surface area contributed by atoms with Crippen molar-refractivity contribution < 1.29 is 28.0 Å². The molecule has 0 aliphatic rings. The van der Waals surface area contributed by atoms with Crippen LogP contribution in [0.1, 0.15) is 23.7 Å². The standard InChI is InChI=1S/C11H11F3N2O4/c1-6(5-11(12,13)14)15-9-4-7(16(19)20)2-3-8(9)10(17)18/h2-4,6,15H,5H2,1H3,(H,17,18). The molecule has 0 radical (unpaired) electrons. The molecule has 1 aromatic rings. The average Bonchev–Trinajstić information content (AvgIpc) is 2.25. The number of benzene rings is 1. The van der Waals surface area contributed by atoms with Gasteiger partial charge in [-0.15, -0.1) is 0 Å². The molecule has 0 bridgehead atoms. The van der Waals surface area contributed by atoms with Gasteiger partial charge >= 0.3 is 12.1 Å². The summed E-state index contributed by atoms with van der Waals surface area (Å²) in [6, 6.07) is 1.73. The van der Waals surface area contributed by atoms with Gasteiger partial charge in [0.2, 0.25) is 0 Å². The molecule has 1 unspecified atom stereocenters. The number of anilines is 1. The SMILES string of the molecule is CC(CC(F)(F)F)Nc1cc([N+](=O)[O-])ccc1C(=O)O. The molecule has 1 rings (SSSR count). The molecule has 1 aromatic carbocycles. The minimum Gasteiger partial charge on any atom is -0.478 e. The topological polar surface area (TPSA) is 92.5 Å². The highest BCUT2D eigenvalue weighted by Gasteiger charge is 2.30. The van der Waals surface area contributed by atoms with Crippen LogP contribution in [0.25, 0.3) is 0 Å². The normalized spacial score (nSPS) is 12.8. The Balaban J connectivity index is 3.04. The molecule has 0 heterocycles. The molecular formula is C11H11F3N2O4. The second-order valence-electron chi connectivity index (χ2n) is 4.16. The Hall–Kier alpha value is -2.32. The third kappa shape index (κ3) is 4.41. The summed E-state index contributed by atoms with van der Waals surface area (Å²) in [5, 5.41) is 21.8. The molecule has 1 atom stereocenters. The summed E-state index contributed by atoms with van der Waals surface area (Å²) in [6.07, 6.45) is -5.61. The summed E-state index contributed by atoms with van der Waals surface area (Å²) in [6.45, 7) is 1.21. The number of carbonyl (C=O) groups is 1. The Kier molecular flexibility index (Phi) is 4.53. The van der Waals surface area contributed by atoms with Crippen LogP contribution in [-0.4, -0.2) is 28.2 Å². The first-order valence-electron chi connectivity index (χ1n) is 5.45. The van der Waals surface area contributed by atoms with Crippen LogP contribution in [-0.2, 0) is 0 Å². The van der Waals surface area contributed by atoms with Crippen molar-refractivity contribution in [3.8, 4) is 0 Å². The number of carboxylic acids is 1. The zero-order valence-electron chi connectivity index (χ0n) is 10.3. The van der Waals surface area contributed by atoms with Crippen LogP contribution in [0.3, 0.4) is 0 Å². The van der Waals surface area contributed by atoms with Gasteiger partial charge in [0.1, 0.15) is 0 Å². The molecular weight excluding hydrogens is 281 g/mol. The quantitative estimate of drug-likeness (QED) is 0.642. The van der Waals surface area contributed by atoms with E-state index in [9.17, 15) is 28.1 Å². The van der Waals surface area contributed by atoms with Crippen molar-refractivity contribution in [2.24, 2.45) is 0 Å². The van der Waals surface area contributed by atoms with E-state index in [0.717, 1.165) is 18.2 Å². The van der Waals surface area contributed by atoms with Gasteiger partial charge in [-0.3, -0.25) is 10.1 Å². The number of nitro groups is 1. The Morgan fingerprint density at radius 3 is 2.55 bits per heavy atom. The molecule has 0 aliphatic carbocycles. The van der Waals surface area contributed by atoms with E-state index in [4.69, 9.17) is 5.11 Å².